The molecule has 0 saturated carbocycles. The predicted octanol–water partition coefficient (Wildman–Crippen LogP) is 2.95. The van der Waals surface area contributed by atoms with Gasteiger partial charge >= 0.3 is 0 Å². The Labute approximate surface area is 118 Å². The highest BCUT2D eigenvalue weighted by Crippen LogP contribution is 2.25. The van der Waals surface area contributed by atoms with Crippen molar-refractivity contribution in [3.05, 3.63) is 53.3 Å². The van der Waals surface area contributed by atoms with Gasteiger partial charge in [-0.05, 0) is 18.2 Å². The smallest absolute Gasteiger partial charge is 0.258 e. The minimum absolute atomic E-state index is 0.233. The molecule has 0 aliphatic heterocycles. The minimum Gasteiger partial charge on any atom is -0.497 e. The van der Waals surface area contributed by atoms with Gasteiger partial charge in [0.1, 0.15) is 23.1 Å². The van der Waals surface area contributed by atoms with Crippen LogP contribution >= 0.6 is 0 Å². The first-order valence-electron chi connectivity index (χ1n) is 5.81. The van der Waals surface area contributed by atoms with Crippen molar-refractivity contribution < 1.29 is 22.7 Å². The highest BCUT2D eigenvalue weighted by Gasteiger charge is 2.17. The van der Waals surface area contributed by atoms with Crippen molar-refractivity contribution in [1.29, 1.82) is 0 Å². The number of nitrogens with two attached hydrogens (primary N) is 1. The largest absolute Gasteiger partial charge is 0.497 e. The Bertz CT molecular complexity index is 682. The van der Waals surface area contributed by atoms with Crippen LogP contribution in [0.3, 0.4) is 0 Å². The number of halogens is 3. The van der Waals surface area contributed by atoms with Crippen LogP contribution in [0.2, 0.25) is 0 Å². The van der Waals surface area contributed by atoms with E-state index in [0.29, 0.717) is 6.07 Å². The highest BCUT2D eigenvalue weighted by atomic mass is 19.1. The zero-order chi connectivity index (χ0) is 15.6. The molecule has 0 bridgehead atoms. The van der Waals surface area contributed by atoms with Crippen LogP contribution in [0.1, 0.15) is 10.4 Å². The second-order valence-corrected chi connectivity index (χ2v) is 4.15. The van der Waals surface area contributed by atoms with Crippen molar-refractivity contribution in [2.24, 2.45) is 0 Å². The van der Waals surface area contributed by atoms with Crippen LogP contribution in [-0.2, 0) is 0 Å². The fraction of sp³-hybridized carbons (Fsp3) is 0.0714. The maximum atomic E-state index is 13.7. The van der Waals surface area contributed by atoms with Gasteiger partial charge in [0, 0.05) is 12.1 Å². The standard InChI is InChI=1S/C14H11F3N2O2/c1-21-8-2-3-9(10(16)6-8)14(20)19-13-11(17)4-7(15)5-12(13)18/h2-6H,18H2,1H3,(H,19,20). The van der Waals surface area contributed by atoms with E-state index in [9.17, 15) is 18.0 Å². The molecule has 0 saturated heterocycles. The molecule has 0 fully saturated rings. The molecule has 110 valence electrons. The summed E-state index contributed by atoms with van der Waals surface area (Å²) in [5.41, 5.74) is 4.40. The Kier molecular flexibility index (Phi) is 4.02. The number of ether oxygens (including phenoxy) is 1. The van der Waals surface area contributed by atoms with Gasteiger partial charge < -0.3 is 15.8 Å². The number of amides is 1. The summed E-state index contributed by atoms with van der Waals surface area (Å²) in [7, 11) is 1.35. The van der Waals surface area contributed by atoms with Gasteiger partial charge in [0.15, 0.2) is 5.82 Å². The summed E-state index contributed by atoms with van der Waals surface area (Å²) < 4.78 is 45.0. The van der Waals surface area contributed by atoms with Crippen LogP contribution in [0, 0.1) is 17.5 Å². The molecule has 2 aromatic carbocycles. The predicted molar refractivity (Wildman–Crippen MR) is 71.7 cm³/mol. The number of methoxy groups -OCH3 is 1. The van der Waals surface area contributed by atoms with E-state index in [0.717, 1.165) is 12.1 Å². The molecular weight excluding hydrogens is 285 g/mol. The van der Waals surface area contributed by atoms with E-state index in [4.69, 9.17) is 10.5 Å². The molecular formula is C14H11F3N2O2. The number of carbonyl (C=O) groups is 1. The lowest BCUT2D eigenvalue weighted by molar-refractivity contribution is 0.102. The molecule has 0 unspecified atom stereocenters. The van der Waals surface area contributed by atoms with Crippen LogP contribution in [0.4, 0.5) is 24.5 Å². The molecule has 0 heterocycles. The van der Waals surface area contributed by atoms with Gasteiger partial charge in [-0.25, -0.2) is 13.2 Å². The van der Waals surface area contributed by atoms with E-state index in [-0.39, 0.29) is 17.0 Å². The van der Waals surface area contributed by atoms with E-state index < -0.39 is 29.0 Å². The Morgan fingerprint density at radius 2 is 1.86 bits per heavy atom. The number of anilines is 2. The lowest BCUT2D eigenvalue weighted by Gasteiger charge is -2.10. The van der Waals surface area contributed by atoms with Crippen molar-refractivity contribution in [1.82, 2.24) is 0 Å². The Balaban J connectivity index is 2.30. The lowest BCUT2D eigenvalue weighted by Crippen LogP contribution is -2.16. The van der Waals surface area contributed by atoms with Gasteiger partial charge in [-0.2, -0.15) is 0 Å². The molecule has 2 rings (SSSR count). The van der Waals surface area contributed by atoms with Gasteiger partial charge in [-0.15, -0.1) is 0 Å². The minimum atomic E-state index is -1.05. The number of benzene rings is 2. The highest BCUT2D eigenvalue weighted by molar-refractivity contribution is 6.06. The normalized spacial score (nSPS) is 10.3. The molecule has 0 aromatic heterocycles. The molecule has 7 heteroatoms. The summed E-state index contributed by atoms with van der Waals surface area (Å²) in [4.78, 5) is 11.9. The average molecular weight is 296 g/mol. The number of hydrogen-bond donors (Lipinski definition) is 2. The van der Waals surface area contributed by atoms with Crippen LogP contribution < -0.4 is 15.8 Å². The maximum absolute atomic E-state index is 13.7. The fourth-order valence-electron chi connectivity index (χ4n) is 1.71. The third kappa shape index (κ3) is 3.07. The van der Waals surface area contributed by atoms with Crippen molar-refractivity contribution in [2.75, 3.05) is 18.2 Å². The number of rotatable bonds is 3. The van der Waals surface area contributed by atoms with Gasteiger partial charge in [-0.1, -0.05) is 0 Å². The SMILES string of the molecule is COc1ccc(C(=O)Nc2c(N)cc(F)cc2F)c(F)c1. The van der Waals surface area contributed by atoms with Gasteiger partial charge in [0.2, 0.25) is 0 Å². The van der Waals surface area contributed by atoms with Crippen molar-refractivity contribution >= 4 is 17.3 Å². The van der Waals surface area contributed by atoms with Crippen molar-refractivity contribution in [3.8, 4) is 5.75 Å². The van der Waals surface area contributed by atoms with E-state index in [2.05, 4.69) is 5.32 Å². The van der Waals surface area contributed by atoms with Gasteiger partial charge in [0.05, 0.1) is 18.4 Å². The van der Waals surface area contributed by atoms with Crippen LogP contribution in [0.15, 0.2) is 30.3 Å². The van der Waals surface area contributed by atoms with E-state index in [1.807, 2.05) is 0 Å². The quantitative estimate of drug-likeness (QED) is 0.856. The van der Waals surface area contributed by atoms with E-state index >= 15 is 0 Å². The molecule has 2 aromatic rings. The third-order valence-corrected chi connectivity index (χ3v) is 2.74. The van der Waals surface area contributed by atoms with Crippen molar-refractivity contribution in [2.45, 2.75) is 0 Å². The lowest BCUT2D eigenvalue weighted by atomic mass is 10.1. The first kappa shape index (κ1) is 14.7. The summed E-state index contributed by atoms with van der Waals surface area (Å²) >= 11 is 0. The molecule has 3 N–H and O–H groups in total. The maximum Gasteiger partial charge on any atom is 0.258 e. The third-order valence-electron chi connectivity index (χ3n) is 2.74. The Morgan fingerprint density at radius 3 is 2.43 bits per heavy atom. The Morgan fingerprint density at radius 1 is 1.14 bits per heavy atom. The molecule has 0 spiro atoms. The van der Waals surface area contributed by atoms with Crippen LogP contribution in [-0.4, -0.2) is 13.0 Å². The summed E-state index contributed by atoms with van der Waals surface area (Å²) in [6.45, 7) is 0. The zero-order valence-corrected chi connectivity index (χ0v) is 10.9. The first-order valence-corrected chi connectivity index (χ1v) is 5.81. The van der Waals surface area contributed by atoms with Crippen molar-refractivity contribution in [3.63, 3.8) is 0 Å². The summed E-state index contributed by atoms with van der Waals surface area (Å²) in [6.07, 6.45) is 0. The molecule has 0 radical (unpaired) electrons. The summed E-state index contributed by atoms with van der Waals surface area (Å²) in [6, 6.07) is 4.99. The average Bonchev–Trinajstić information content (AvgIpc) is 2.42. The second kappa shape index (κ2) is 5.74. The first-order chi connectivity index (χ1) is 9.92. The monoisotopic (exact) mass is 296 g/mol. The summed E-state index contributed by atoms with van der Waals surface area (Å²) in [5.74, 6) is -3.44. The zero-order valence-electron chi connectivity index (χ0n) is 10.9. The number of carbonyl (C=O) groups excluding carboxylic acids is 1. The molecule has 4 nitrogen and oxygen atoms in total. The summed E-state index contributed by atoms with van der Waals surface area (Å²) in [5, 5.41) is 2.11. The number of hydrogen-bond acceptors (Lipinski definition) is 3. The van der Waals surface area contributed by atoms with Crippen LogP contribution in [0.25, 0.3) is 0 Å². The van der Waals surface area contributed by atoms with Gasteiger partial charge in [-0.3, -0.25) is 4.79 Å². The molecule has 0 aliphatic carbocycles. The molecule has 0 atom stereocenters. The molecule has 0 aliphatic rings. The van der Waals surface area contributed by atoms with Gasteiger partial charge in [0.25, 0.3) is 5.91 Å². The fourth-order valence-corrected chi connectivity index (χ4v) is 1.71. The van der Waals surface area contributed by atoms with Crippen LogP contribution in [0.5, 0.6) is 5.75 Å². The number of nitrogens with one attached hydrogen (secondary N) is 1. The molecule has 1 amide bonds. The molecule has 21 heavy (non-hydrogen) atoms. The second-order valence-electron chi connectivity index (χ2n) is 4.15. The number of nitrogen functional groups attached to an aromatic ring is 1. The Hall–Kier alpha value is -2.70. The topological polar surface area (TPSA) is 64.3 Å². The van der Waals surface area contributed by atoms with E-state index in [1.165, 1.54) is 19.2 Å². The van der Waals surface area contributed by atoms with E-state index in [1.54, 1.807) is 0 Å².